The van der Waals surface area contributed by atoms with Gasteiger partial charge < -0.3 is 10.6 Å². The molecule has 2 heteroatoms. The van der Waals surface area contributed by atoms with Crippen LogP contribution in [-0.4, -0.2) is 12.6 Å². The molecule has 0 fully saturated rings. The first kappa shape index (κ1) is 9.53. The van der Waals surface area contributed by atoms with Crippen molar-refractivity contribution in [3.05, 3.63) is 29.8 Å². The van der Waals surface area contributed by atoms with Crippen LogP contribution in [0.2, 0.25) is 0 Å². The Hall–Kier alpha value is -1.02. The first-order chi connectivity index (χ1) is 6.90. The number of anilines is 1. The third-order valence-corrected chi connectivity index (χ3v) is 2.77. The van der Waals surface area contributed by atoms with Crippen LogP contribution in [0.1, 0.15) is 25.3 Å². The number of para-hydroxylation sites is 1. The van der Waals surface area contributed by atoms with Gasteiger partial charge in [0, 0.05) is 24.8 Å². The van der Waals surface area contributed by atoms with Crippen molar-refractivity contribution in [3.8, 4) is 0 Å². The van der Waals surface area contributed by atoms with Crippen LogP contribution < -0.4 is 10.6 Å². The highest BCUT2D eigenvalue weighted by atomic mass is 15.0. The molecule has 1 aromatic rings. The summed E-state index contributed by atoms with van der Waals surface area (Å²) in [6.07, 6.45) is 2.50. The van der Waals surface area contributed by atoms with Crippen LogP contribution >= 0.6 is 0 Å². The van der Waals surface area contributed by atoms with Crippen molar-refractivity contribution in [1.29, 1.82) is 0 Å². The summed E-state index contributed by atoms with van der Waals surface area (Å²) in [5, 5.41) is 7.07. The molecule has 0 spiro atoms. The Kier molecular flexibility index (Phi) is 3.04. The summed E-state index contributed by atoms with van der Waals surface area (Å²) in [5.74, 6) is 0. The number of rotatable bonds is 2. The van der Waals surface area contributed by atoms with Crippen molar-refractivity contribution in [1.82, 2.24) is 5.32 Å². The van der Waals surface area contributed by atoms with Gasteiger partial charge in [-0.05, 0) is 18.1 Å². The van der Waals surface area contributed by atoms with E-state index in [1.165, 1.54) is 24.1 Å². The Morgan fingerprint density at radius 3 is 3.07 bits per heavy atom. The van der Waals surface area contributed by atoms with Crippen LogP contribution in [0.5, 0.6) is 0 Å². The van der Waals surface area contributed by atoms with Crippen LogP contribution in [-0.2, 0) is 6.54 Å². The first-order valence-electron chi connectivity index (χ1n) is 5.45. The molecule has 14 heavy (non-hydrogen) atoms. The lowest BCUT2D eigenvalue weighted by Gasteiger charge is -2.14. The van der Waals surface area contributed by atoms with E-state index < -0.39 is 0 Å². The molecule has 0 bridgehead atoms. The van der Waals surface area contributed by atoms with Crippen molar-refractivity contribution in [3.63, 3.8) is 0 Å². The van der Waals surface area contributed by atoms with Gasteiger partial charge in [0.2, 0.25) is 0 Å². The second-order valence-corrected chi connectivity index (χ2v) is 3.90. The molecule has 1 aromatic carbocycles. The Bertz CT molecular complexity index is 269. The van der Waals surface area contributed by atoms with E-state index >= 15 is 0 Å². The lowest BCUT2D eigenvalue weighted by molar-refractivity contribution is 0.500. The van der Waals surface area contributed by atoms with E-state index in [-0.39, 0.29) is 0 Å². The summed E-state index contributed by atoms with van der Waals surface area (Å²) >= 11 is 0. The molecule has 2 nitrogen and oxygen atoms in total. The average molecular weight is 190 g/mol. The Morgan fingerprint density at radius 1 is 1.36 bits per heavy atom. The predicted octanol–water partition coefficient (Wildman–Crippen LogP) is 2.37. The van der Waals surface area contributed by atoms with E-state index in [1.807, 2.05) is 0 Å². The molecule has 2 rings (SSSR count). The van der Waals surface area contributed by atoms with E-state index in [1.54, 1.807) is 0 Å². The lowest BCUT2D eigenvalue weighted by atomic mass is 10.1. The zero-order valence-corrected chi connectivity index (χ0v) is 8.72. The average Bonchev–Trinajstić information content (AvgIpc) is 2.42. The van der Waals surface area contributed by atoms with Crippen LogP contribution in [0.4, 0.5) is 5.69 Å². The van der Waals surface area contributed by atoms with Gasteiger partial charge in [-0.2, -0.15) is 0 Å². The molecule has 0 amide bonds. The number of hydrogen-bond acceptors (Lipinski definition) is 2. The molecule has 0 saturated carbocycles. The highest BCUT2D eigenvalue weighted by molar-refractivity contribution is 5.51. The second kappa shape index (κ2) is 4.47. The van der Waals surface area contributed by atoms with E-state index in [0.717, 1.165) is 13.1 Å². The minimum Gasteiger partial charge on any atom is -0.383 e. The number of benzene rings is 1. The summed E-state index contributed by atoms with van der Waals surface area (Å²) in [5.41, 5.74) is 2.67. The molecule has 1 unspecified atom stereocenters. The maximum Gasteiger partial charge on any atom is 0.0386 e. The summed E-state index contributed by atoms with van der Waals surface area (Å²) in [6, 6.07) is 9.15. The molecule has 2 N–H and O–H groups in total. The highest BCUT2D eigenvalue weighted by Gasteiger charge is 2.12. The van der Waals surface area contributed by atoms with Crippen molar-refractivity contribution < 1.29 is 0 Å². The molecule has 1 atom stereocenters. The first-order valence-corrected chi connectivity index (χ1v) is 5.45. The highest BCUT2D eigenvalue weighted by Crippen LogP contribution is 2.17. The lowest BCUT2D eigenvalue weighted by Crippen LogP contribution is -2.32. The smallest absolute Gasteiger partial charge is 0.0386 e. The van der Waals surface area contributed by atoms with Crippen molar-refractivity contribution >= 4 is 5.69 Å². The largest absolute Gasteiger partial charge is 0.383 e. The Morgan fingerprint density at radius 2 is 2.21 bits per heavy atom. The summed E-state index contributed by atoms with van der Waals surface area (Å²) in [6.45, 7) is 4.28. The molecule has 0 radical (unpaired) electrons. The minimum absolute atomic E-state index is 0.618. The predicted molar refractivity (Wildman–Crippen MR) is 60.5 cm³/mol. The number of nitrogens with one attached hydrogen (secondary N) is 2. The quantitative estimate of drug-likeness (QED) is 0.748. The second-order valence-electron chi connectivity index (χ2n) is 3.90. The molecular weight excluding hydrogens is 172 g/mol. The van der Waals surface area contributed by atoms with Gasteiger partial charge in [0.25, 0.3) is 0 Å². The number of hydrogen-bond donors (Lipinski definition) is 2. The van der Waals surface area contributed by atoms with Gasteiger partial charge in [-0.15, -0.1) is 0 Å². The zero-order valence-electron chi connectivity index (χ0n) is 8.72. The normalized spacial score (nSPS) is 20.8. The molecule has 0 aliphatic carbocycles. The molecule has 1 aliphatic heterocycles. The van der Waals surface area contributed by atoms with Crippen molar-refractivity contribution in [2.75, 3.05) is 11.9 Å². The minimum atomic E-state index is 0.618. The molecule has 1 heterocycles. The van der Waals surface area contributed by atoms with Gasteiger partial charge in [-0.25, -0.2) is 0 Å². The van der Waals surface area contributed by atoms with Crippen LogP contribution in [0.3, 0.4) is 0 Å². The number of fused-ring (bicyclic) bond motifs is 1. The topological polar surface area (TPSA) is 24.1 Å². The SMILES string of the molecule is CCCC1CNc2ccccc2CN1. The van der Waals surface area contributed by atoms with Crippen LogP contribution in [0.15, 0.2) is 24.3 Å². The van der Waals surface area contributed by atoms with Crippen LogP contribution in [0, 0.1) is 0 Å². The summed E-state index contributed by atoms with van der Waals surface area (Å²) in [4.78, 5) is 0. The van der Waals surface area contributed by atoms with E-state index in [4.69, 9.17) is 0 Å². The monoisotopic (exact) mass is 190 g/mol. The molecule has 0 saturated heterocycles. The molecule has 0 aromatic heterocycles. The Labute approximate surface area is 85.7 Å². The van der Waals surface area contributed by atoms with Gasteiger partial charge in [-0.3, -0.25) is 0 Å². The zero-order chi connectivity index (χ0) is 9.80. The van der Waals surface area contributed by atoms with E-state index in [9.17, 15) is 0 Å². The van der Waals surface area contributed by atoms with Gasteiger partial charge in [0.1, 0.15) is 0 Å². The maximum atomic E-state index is 3.58. The fraction of sp³-hybridized carbons (Fsp3) is 0.500. The van der Waals surface area contributed by atoms with Crippen molar-refractivity contribution in [2.45, 2.75) is 32.4 Å². The standard InChI is InChI=1S/C12H18N2/c1-2-5-11-9-14-12-7-4-3-6-10(12)8-13-11/h3-4,6-7,11,13-14H,2,5,8-9H2,1H3. The fourth-order valence-corrected chi connectivity index (χ4v) is 1.96. The van der Waals surface area contributed by atoms with Crippen molar-refractivity contribution in [2.24, 2.45) is 0 Å². The van der Waals surface area contributed by atoms with E-state index in [2.05, 4.69) is 41.8 Å². The molecule has 76 valence electrons. The van der Waals surface area contributed by atoms with Gasteiger partial charge in [-0.1, -0.05) is 31.5 Å². The Balaban J connectivity index is 2.06. The summed E-state index contributed by atoms with van der Waals surface area (Å²) in [7, 11) is 0. The maximum absolute atomic E-state index is 3.58. The molecular formula is C12H18N2. The summed E-state index contributed by atoms with van der Waals surface area (Å²) < 4.78 is 0. The third-order valence-electron chi connectivity index (χ3n) is 2.77. The third kappa shape index (κ3) is 2.07. The fourth-order valence-electron chi connectivity index (χ4n) is 1.96. The van der Waals surface area contributed by atoms with E-state index in [0.29, 0.717) is 6.04 Å². The molecule has 1 aliphatic rings. The van der Waals surface area contributed by atoms with Gasteiger partial charge in [0.15, 0.2) is 0 Å². The van der Waals surface area contributed by atoms with Gasteiger partial charge >= 0.3 is 0 Å². The van der Waals surface area contributed by atoms with Gasteiger partial charge in [0.05, 0.1) is 0 Å². The van der Waals surface area contributed by atoms with Crippen LogP contribution in [0.25, 0.3) is 0 Å².